The highest BCUT2D eigenvalue weighted by Crippen LogP contribution is 2.30. The second kappa shape index (κ2) is 7.01. The van der Waals surface area contributed by atoms with Gasteiger partial charge in [-0.3, -0.25) is 4.79 Å². The van der Waals surface area contributed by atoms with Crippen LogP contribution in [0.2, 0.25) is 5.02 Å². The zero-order valence-corrected chi connectivity index (χ0v) is 12.3. The summed E-state index contributed by atoms with van der Waals surface area (Å²) in [6.07, 6.45) is 5.80. The van der Waals surface area contributed by atoms with E-state index in [9.17, 15) is 4.79 Å². The van der Waals surface area contributed by atoms with Gasteiger partial charge in [-0.1, -0.05) is 17.7 Å². The molecule has 0 aliphatic heterocycles. The summed E-state index contributed by atoms with van der Waals surface area (Å²) in [5.41, 5.74) is 0.352. The Morgan fingerprint density at radius 2 is 2.42 bits per heavy atom. The molecule has 0 atom stereocenters. The van der Waals surface area contributed by atoms with Crippen molar-refractivity contribution < 1.29 is 0 Å². The quantitative estimate of drug-likeness (QED) is 0.592. The molecule has 2 rings (SSSR count). The Hall–Kier alpha value is -0.940. The molecule has 104 valence electrons. The zero-order chi connectivity index (χ0) is 13.7. The van der Waals surface area contributed by atoms with Crippen LogP contribution in [-0.4, -0.2) is 27.8 Å². The molecule has 0 unspecified atom stereocenters. The smallest absolute Gasteiger partial charge is 0.291 e. The zero-order valence-electron chi connectivity index (χ0n) is 10.8. The van der Waals surface area contributed by atoms with E-state index in [2.05, 4.69) is 17.0 Å². The van der Waals surface area contributed by atoms with E-state index in [0.717, 1.165) is 11.5 Å². The van der Waals surface area contributed by atoms with E-state index in [1.165, 1.54) is 17.5 Å². The van der Waals surface area contributed by atoms with Gasteiger partial charge in [-0.05, 0) is 18.8 Å². The minimum atomic E-state index is -0.117. The lowest BCUT2D eigenvalue weighted by molar-refractivity contribution is 0.534. The van der Waals surface area contributed by atoms with Crippen LogP contribution in [0, 0.1) is 5.92 Å². The minimum absolute atomic E-state index is 0.117. The van der Waals surface area contributed by atoms with Gasteiger partial charge in [-0.2, -0.15) is 16.9 Å². The normalized spacial score (nSPS) is 14.4. The minimum Gasteiger partial charge on any atom is -0.378 e. The molecule has 19 heavy (non-hydrogen) atoms. The maximum Gasteiger partial charge on any atom is 0.291 e. The summed E-state index contributed by atoms with van der Waals surface area (Å²) in [4.78, 5) is 12.2. The summed E-state index contributed by atoms with van der Waals surface area (Å²) >= 11 is 7.79. The van der Waals surface area contributed by atoms with Crippen LogP contribution in [0.25, 0.3) is 0 Å². The average molecular weight is 300 g/mol. The Morgan fingerprint density at radius 1 is 1.63 bits per heavy atom. The number of hydrogen-bond acceptors (Lipinski definition) is 4. The van der Waals surface area contributed by atoms with Gasteiger partial charge in [0.15, 0.2) is 0 Å². The molecule has 1 aromatic heterocycles. The summed E-state index contributed by atoms with van der Waals surface area (Å²) in [6, 6.07) is 0. The second-order valence-electron chi connectivity index (χ2n) is 4.59. The number of thioether (sulfide) groups is 1. The first-order valence-electron chi connectivity index (χ1n) is 6.40. The van der Waals surface area contributed by atoms with Crippen LogP contribution in [0.15, 0.2) is 23.6 Å². The Balaban J connectivity index is 1.97. The fraction of sp³-hybridized carbons (Fsp3) is 0.538. The van der Waals surface area contributed by atoms with Crippen LogP contribution < -0.4 is 10.9 Å². The average Bonchev–Trinajstić information content (AvgIpc) is 3.20. The van der Waals surface area contributed by atoms with Crippen molar-refractivity contribution in [1.29, 1.82) is 0 Å². The summed E-state index contributed by atoms with van der Waals surface area (Å²) < 4.78 is 1.52. The number of nitrogens with zero attached hydrogens (tertiary/aromatic N) is 2. The van der Waals surface area contributed by atoms with Crippen LogP contribution in [-0.2, 0) is 6.54 Å². The number of nitrogens with one attached hydrogen (secondary N) is 1. The van der Waals surface area contributed by atoms with Crippen molar-refractivity contribution in [2.75, 3.05) is 23.4 Å². The van der Waals surface area contributed by atoms with Gasteiger partial charge in [0, 0.05) is 24.6 Å². The molecule has 1 heterocycles. The molecule has 6 heteroatoms. The predicted octanol–water partition coefficient (Wildman–Crippen LogP) is 2.64. The van der Waals surface area contributed by atoms with Gasteiger partial charge in [-0.15, -0.1) is 6.58 Å². The van der Waals surface area contributed by atoms with E-state index < -0.39 is 0 Å². The Kier molecular flexibility index (Phi) is 5.34. The molecule has 0 saturated heterocycles. The van der Waals surface area contributed by atoms with E-state index >= 15 is 0 Å². The lowest BCUT2D eigenvalue weighted by Crippen LogP contribution is -2.27. The van der Waals surface area contributed by atoms with E-state index in [0.29, 0.717) is 29.7 Å². The highest BCUT2D eigenvalue weighted by Gasteiger charge is 2.23. The lowest BCUT2D eigenvalue weighted by Gasteiger charge is -2.10. The first-order valence-corrected chi connectivity index (χ1v) is 7.93. The highest BCUT2D eigenvalue weighted by atomic mass is 35.5. The molecular formula is C13H18ClN3OS. The van der Waals surface area contributed by atoms with Gasteiger partial charge < -0.3 is 5.32 Å². The number of rotatable bonds is 8. The number of hydrogen-bond donors (Lipinski definition) is 1. The molecule has 1 aliphatic rings. The Labute approximate surface area is 122 Å². The molecule has 4 nitrogen and oxygen atoms in total. The van der Waals surface area contributed by atoms with Crippen LogP contribution in [0.5, 0.6) is 0 Å². The molecule has 1 aliphatic carbocycles. The van der Waals surface area contributed by atoms with Crippen molar-refractivity contribution in [3.63, 3.8) is 0 Å². The van der Waals surface area contributed by atoms with Crippen molar-refractivity contribution >= 4 is 29.1 Å². The monoisotopic (exact) mass is 299 g/mol. The van der Waals surface area contributed by atoms with Crippen LogP contribution in [0.3, 0.4) is 0 Å². The van der Waals surface area contributed by atoms with E-state index in [-0.39, 0.29) is 5.56 Å². The third kappa shape index (κ3) is 4.28. The number of aromatic nitrogens is 2. The second-order valence-corrected chi connectivity index (χ2v) is 6.15. The SMILES string of the molecule is C=CCSCCNc1c(Cl)cnn(CC2CC2)c1=O. The van der Waals surface area contributed by atoms with E-state index in [1.54, 1.807) is 18.0 Å². The van der Waals surface area contributed by atoms with Gasteiger partial charge >= 0.3 is 0 Å². The van der Waals surface area contributed by atoms with Crippen molar-refractivity contribution in [3.8, 4) is 0 Å². The van der Waals surface area contributed by atoms with E-state index in [1.807, 2.05) is 6.08 Å². The molecular weight excluding hydrogens is 282 g/mol. The van der Waals surface area contributed by atoms with Crippen LogP contribution in [0.1, 0.15) is 12.8 Å². The molecule has 1 fully saturated rings. The highest BCUT2D eigenvalue weighted by molar-refractivity contribution is 7.99. The van der Waals surface area contributed by atoms with Gasteiger partial charge in [0.25, 0.3) is 5.56 Å². The lowest BCUT2D eigenvalue weighted by atomic mass is 10.4. The van der Waals surface area contributed by atoms with Crippen molar-refractivity contribution in [2.24, 2.45) is 5.92 Å². The Bertz CT molecular complexity index is 499. The standard InChI is InChI=1S/C13H18ClN3OS/c1-2-6-19-7-5-15-12-11(14)8-16-17(13(12)18)9-10-3-4-10/h2,8,10,15H,1,3-7,9H2. The molecule has 1 aromatic rings. The number of halogens is 1. The molecule has 1 N–H and O–H groups in total. The molecule has 0 spiro atoms. The van der Waals surface area contributed by atoms with Gasteiger partial charge in [-0.25, -0.2) is 4.68 Å². The first kappa shape index (κ1) is 14.5. The largest absolute Gasteiger partial charge is 0.378 e. The Morgan fingerprint density at radius 3 is 3.11 bits per heavy atom. The van der Waals surface area contributed by atoms with Gasteiger partial charge in [0.1, 0.15) is 5.69 Å². The van der Waals surface area contributed by atoms with Gasteiger partial charge in [0.05, 0.1) is 11.2 Å². The summed E-state index contributed by atoms with van der Waals surface area (Å²) in [5.74, 6) is 2.44. The fourth-order valence-electron chi connectivity index (χ4n) is 1.72. The topological polar surface area (TPSA) is 46.9 Å². The maximum absolute atomic E-state index is 12.2. The van der Waals surface area contributed by atoms with E-state index in [4.69, 9.17) is 11.6 Å². The summed E-state index contributed by atoms with van der Waals surface area (Å²) in [6.45, 7) is 5.08. The fourth-order valence-corrected chi connectivity index (χ4v) is 2.49. The first-order chi connectivity index (χ1) is 9.22. The third-order valence-corrected chi connectivity index (χ3v) is 4.16. The molecule has 0 amide bonds. The predicted molar refractivity (Wildman–Crippen MR) is 82.2 cm³/mol. The van der Waals surface area contributed by atoms with Gasteiger partial charge in [0.2, 0.25) is 0 Å². The van der Waals surface area contributed by atoms with Crippen LogP contribution in [0.4, 0.5) is 5.69 Å². The molecule has 0 aromatic carbocycles. The molecule has 0 bridgehead atoms. The summed E-state index contributed by atoms with van der Waals surface area (Å²) in [5, 5.41) is 7.60. The van der Waals surface area contributed by atoms with Crippen molar-refractivity contribution in [1.82, 2.24) is 9.78 Å². The molecule has 1 saturated carbocycles. The van der Waals surface area contributed by atoms with Crippen molar-refractivity contribution in [2.45, 2.75) is 19.4 Å². The summed E-state index contributed by atoms with van der Waals surface area (Å²) in [7, 11) is 0. The molecule has 0 radical (unpaired) electrons. The third-order valence-electron chi connectivity index (χ3n) is 2.91. The van der Waals surface area contributed by atoms with Crippen LogP contribution >= 0.6 is 23.4 Å². The van der Waals surface area contributed by atoms with Crippen molar-refractivity contribution in [3.05, 3.63) is 34.2 Å². The maximum atomic E-state index is 12.2. The number of anilines is 1.